The van der Waals surface area contributed by atoms with Gasteiger partial charge in [-0.05, 0) is 28.4 Å². The summed E-state index contributed by atoms with van der Waals surface area (Å²) in [6.07, 6.45) is 1.03. The number of hydrogen-bond acceptors (Lipinski definition) is 0. The van der Waals surface area contributed by atoms with Gasteiger partial charge in [-0.2, -0.15) is 42.0 Å². The van der Waals surface area contributed by atoms with Crippen LogP contribution in [0.5, 0.6) is 0 Å². The predicted octanol–water partition coefficient (Wildman–Crippen LogP) is 1.06. The topological polar surface area (TPSA) is 0 Å². The predicted molar refractivity (Wildman–Crippen MR) is 113 cm³/mol. The Kier molecular flexibility index (Phi) is 10.7. The zero-order chi connectivity index (χ0) is 18.9. The van der Waals surface area contributed by atoms with Crippen LogP contribution in [-0.2, 0) is 43.1 Å². The average Bonchev–Trinajstić information content (AvgIpc) is 3.23. The second-order valence-corrected chi connectivity index (χ2v) is 9.28. The minimum atomic E-state index is 0. The second-order valence-electron chi connectivity index (χ2n) is 9.28. The van der Waals surface area contributed by atoms with Gasteiger partial charge in [0.1, 0.15) is 0 Å². The van der Waals surface area contributed by atoms with Gasteiger partial charge in [-0.1, -0.05) is 65.3 Å². The third-order valence-corrected chi connectivity index (χ3v) is 5.02. The summed E-state index contributed by atoms with van der Waals surface area (Å²) in [5, 5.41) is 0. The van der Waals surface area contributed by atoms with Crippen molar-refractivity contribution in [3.8, 4) is 11.1 Å². The maximum Gasteiger partial charge on any atom is 4.00 e. The molecule has 29 heavy (non-hydrogen) atoms. The van der Waals surface area contributed by atoms with Crippen molar-refractivity contribution in [2.24, 2.45) is 0 Å². The first kappa shape index (κ1) is 28.2. The number of hydrogen-bond donors (Lipinski definition) is 0. The summed E-state index contributed by atoms with van der Waals surface area (Å²) in [4.78, 5) is 0. The molecule has 3 heteroatoms. The smallest absolute Gasteiger partial charge is 1.00 e. The standard InChI is InChI=1S/C21H25.C5H5.2ClH.Hf/c1-20(2,3)16-7-9-18-14(12-16)11-15-13-17(21(4,5)6)8-10-19(15)18;1-2-4-5-3-1;;;/h7-10,12H,11H2,1-6H3;1-5H;2*1H;/q2*-1;;;+4/p-2. The Morgan fingerprint density at radius 2 is 1.38 bits per heavy atom. The number of benzene rings is 2. The van der Waals surface area contributed by atoms with Crippen molar-refractivity contribution >= 4 is 0 Å². The van der Waals surface area contributed by atoms with Crippen LogP contribution < -0.4 is 24.8 Å². The zero-order valence-electron chi connectivity index (χ0n) is 18.2. The van der Waals surface area contributed by atoms with Gasteiger partial charge in [0.25, 0.3) is 0 Å². The van der Waals surface area contributed by atoms with E-state index in [0.717, 1.165) is 6.42 Å². The van der Waals surface area contributed by atoms with Crippen molar-refractivity contribution < 1.29 is 50.7 Å². The molecule has 0 heterocycles. The Morgan fingerprint density at radius 1 is 0.793 bits per heavy atom. The average molecular weight is 592 g/mol. The summed E-state index contributed by atoms with van der Waals surface area (Å²) in [6, 6.07) is 25.2. The summed E-state index contributed by atoms with van der Waals surface area (Å²) in [6.45, 7) is 13.6. The van der Waals surface area contributed by atoms with E-state index in [2.05, 4.69) is 77.9 Å². The van der Waals surface area contributed by atoms with Crippen LogP contribution in [-0.4, -0.2) is 0 Å². The van der Waals surface area contributed by atoms with E-state index in [1.54, 1.807) is 0 Å². The summed E-state index contributed by atoms with van der Waals surface area (Å²) in [7, 11) is 0. The van der Waals surface area contributed by atoms with Crippen molar-refractivity contribution in [3.63, 3.8) is 0 Å². The van der Waals surface area contributed by atoms with Crippen molar-refractivity contribution in [1.82, 2.24) is 0 Å². The third kappa shape index (κ3) is 6.88. The molecule has 3 aromatic carbocycles. The van der Waals surface area contributed by atoms with Crippen molar-refractivity contribution in [3.05, 3.63) is 89.0 Å². The molecule has 1 aliphatic rings. The van der Waals surface area contributed by atoms with E-state index in [4.69, 9.17) is 0 Å². The maximum absolute atomic E-state index is 3.67. The van der Waals surface area contributed by atoms with Crippen molar-refractivity contribution in [2.75, 3.05) is 0 Å². The van der Waals surface area contributed by atoms with Gasteiger partial charge in [0.15, 0.2) is 0 Å². The molecule has 0 atom stereocenters. The molecular weight excluding hydrogens is 562 g/mol. The Bertz CT molecular complexity index is 803. The van der Waals surface area contributed by atoms with Gasteiger partial charge in [-0.15, -0.1) is 11.1 Å². The molecule has 0 saturated heterocycles. The fraction of sp³-hybridized carbons (Fsp3) is 0.346. The van der Waals surface area contributed by atoms with Crippen LogP contribution in [0.2, 0.25) is 0 Å². The third-order valence-electron chi connectivity index (χ3n) is 5.02. The van der Waals surface area contributed by atoms with E-state index >= 15 is 0 Å². The maximum atomic E-state index is 3.67. The van der Waals surface area contributed by atoms with Crippen LogP contribution >= 0.6 is 0 Å². The normalized spacial score (nSPS) is 11.5. The molecule has 0 spiro atoms. The van der Waals surface area contributed by atoms with E-state index in [9.17, 15) is 0 Å². The number of rotatable bonds is 0. The molecular formula is C26H30Cl2Hf. The molecule has 4 rings (SSSR count). The zero-order valence-corrected chi connectivity index (χ0v) is 23.3. The molecule has 0 amide bonds. The van der Waals surface area contributed by atoms with Crippen LogP contribution in [0.1, 0.15) is 63.8 Å². The molecule has 0 fully saturated rings. The van der Waals surface area contributed by atoms with E-state index < -0.39 is 0 Å². The van der Waals surface area contributed by atoms with Gasteiger partial charge in [0.2, 0.25) is 0 Å². The Hall–Kier alpha value is -0.760. The molecule has 1 aliphatic carbocycles. The molecule has 0 unspecified atom stereocenters. The first-order chi connectivity index (χ1) is 12.2. The SMILES string of the molecule is CC(C)(C)c1[c-]c2c(cc1)-c1ccc(C(C)(C)C)cc1C2.[Cl-].[Cl-].[Hf+4].c1cc[cH-]c1. The summed E-state index contributed by atoms with van der Waals surface area (Å²) < 4.78 is 0. The largest absolute Gasteiger partial charge is 4.00 e. The van der Waals surface area contributed by atoms with Gasteiger partial charge in [0, 0.05) is 0 Å². The first-order valence-corrected chi connectivity index (χ1v) is 9.52. The number of halogens is 2. The van der Waals surface area contributed by atoms with Gasteiger partial charge in [-0.3, -0.25) is 0 Å². The fourth-order valence-corrected chi connectivity index (χ4v) is 3.35. The van der Waals surface area contributed by atoms with Crippen LogP contribution in [0, 0.1) is 6.07 Å². The summed E-state index contributed by atoms with van der Waals surface area (Å²) in [5.41, 5.74) is 8.70. The van der Waals surface area contributed by atoms with Crippen LogP contribution in [0.15, 0.2) is 60.7 Å². The van der Waals surface area contributed by atoms with Crippen LogP contribution in [0.25, 0.3) is 11.1 Å². The monoisotopic (exact) mass is 592 g/mol. The minimum absolute atomic E-state index is 0. The summed E-state index contributed by atoms with van der Waals surface area (Å²) >= 11 is 0. The van der Waals surface area contributed by atoms with Gasteiger partial charge in [0.05, 0.1) is 0 Å². The molecule has 0 nitrogen and oxygen atoms in total. The van der Waals surface area contributed by atoms with Gasteiger partial charge < -0.3 is 24.8 Å². The quantitative estimate of drug-likeness (QED) is 0.212. The van der Waals surface area contributed by atoms with Gasteiger partial charge in [-0.25, -0.2) is 12.1 Å². The van der Waals surface area contributed by atoms with Crippen molar-refractivity contribution in [2.45, 2.75) is 58.8 Å². The Labute approximate surface area is 208 Å². The molecule has 3 aromatic rings. The Morgan fingerprint density at radius 3 is 1.86 bits per heavy atom. The molecule has 0 aliphatic heterocycles. The van der Waals surface area contributed by atoms with E-state index in [0.29, 0.717) is 0 Å². The van der Waals surface area contributed by atoms with Gasteiger partial charge >= 0.3 is 25.8 Å². The van der Waals surface area contributed by atoms with E-state index in [1.807, 2.05) is 30.3 Å². The molecule has 152 valence electrons. The molecule has 0 saturated carbocycles. The number of fused-ring (bicyclic) bond motifs is 3. The van der Waals surface area contributed by atoms with Crippen LogP contribution in [0.3, 0.4) is 0 Å². The van der Waals surface area contributed by atoms with E-state index in [-0.39, 0.29) is 61.5 Å². The molecule has 0 radical (unpaired) electrons. The second kappa shape index (κ2) is 11.0. The summed E-state index contributed by atoms with van der Waals surface area (Å²) in [5.74, 6) is 0. The Balaban J connectivity index is 0.000000863. The fourth-order valence-electron chi connectivity index (χ4n) is 3.35. The molecule has 0 aromatic heterocycles. The van der Waals surface area contributed by atoms with Crippen molar-refractivity contribution in [1.29, 1.82) is 0 Å². The molecule has 0 N–H and O–H groups in total. The minimum Gasteiger partial charge on any atom is -1.00 e. The van der Waals surface area contributed by atoms with Crippen LogP contribution in [0.4, 0.5) is 0 Å². The first-order valence-electron chi connectivity index (χ1n) is 9.52. The van der Waals surface area contributed by atoms with E-state index in [1.165, 1.54) is 33.4 Å². The molecule has 0 bridgehead atoms.